The first-order chi connectivity index (χ1) is 7.76. The van der Waals surface area contributed by atoms with Gasteiger partial charge in [0.1, 0.15) is 0 Å². The largest absolute Gasteiger partial charge is 0.392 e. The van der Waals surface area contributed by atoms with Gasteiger partial charge in [-0.2, -0.15) is 0 Å². The highest BCUT2D eigenvalue weighted by atomic mass is 79.9. The van der Waals surface area contributed by atoms with Gasteiger partial charge in [0.2, 0.25) is 0 Å². The number of aliphatic hydroxyl groups is 1. The van der Waals surface area contributed by atoms with E-state index in [0.29, 0.717) is 12.3 Å². The molecule has 1 N–H and O–H groups in total. The predicted octanol–water partition coefficient (Wildman–Crippen LogP) is 3.43. The summed E-state index contributed by atoms with van der Waals surface area (Å²) in [7, 11) is 0. The van der Waals surface area contributed by atoms with Crippen LogP contribution in [0, 0.1) is 16.7 Å². The number of rotatable bonds is 3. The van der Waals surface area contributed by atoms with E-state index < -0.39 is 0 Å². The van der Waals surface area contributed by atoms with Crippen LogP contribution in [0.3, 0.4) is 0 Å². The molecule has 0 bridgehead atoms. The molecule has 2 nitrogen and oxygen atoms in total. The topological polar surface area (TPSA) is 33.1 Å². The highest BCUT2D eigenvalue weighted by Gasteiger charge is 2.66. The molecule has 1 heterocycles. The lowest BCUT2D eigenvalue weighted by Gasteiger charge is -2.12. The minimum absolute atomic E-state index is 0.228. The van der Waals surface area contributed by atoms with Gasteiger partial charge < -0.3 is 5.11 Å². The molecule has 0 aromatic carbocycles. The summed E-state index contributed by atoms with van der Waals surface area (Å²) in [4.78, 5) is 4.13. The van der Waals surface area contributed by atoms with E-state index in [1.54, 1.807) is 6.20 Å². The van der Waals surface area contributed by atoms with Crippen LogP contribution in [-0.4, -0.2) is 16.2 Å². The fraction of sp³-hybridized carbons (Fsp3) is 0.643. The third-order valence-corrected chi connectivity index (χ3v) is 5.16. The molecule has 0 radical (unpaired) electrons. The Morgan fingerprint density at radius 3 is 2.35 bits per heavy atom. The van der Waals surface area contributed by atoms with Crippen LogP contribution in [-0.2, 0) is 6.42 Å². The molecule has 1 atom stereocenters. The average Bonchev–Trinajstić information content (AvgIpc) is 2.56. The molecule has 0 aliphatic heterocycles. The third kappa shape index (κ3) is 2.15. The molecule has 1 aliphatic rings. The van der Waals surface area contributed by atoms with Crippen molar-refractivity contribution in [1.29, 1.82) is 0 Å². The summed E-state index contributed by atoms with van der Waals surface area (Å²) in [5, 5.41) is 10.4. The molecule has 3 heteroatoms. The van der Waals surface area contributed by atoms with Crippen molar-refractivity contribution >= 4 is 15.9 Å². The predicted molar refractivity (Wildman–Crippen MR) is 72.7 cm³/mol. The maximum Gasteiger partial charge on any atom is 0.0619 e. The standard InChI is InChI=1S/C14H20BrNO/c1-13(2)12(14(13,3)4)11(17)6-9-5-10(15)8-16-7-9/h5,7-8,11-12,17H,6H2,1-4H3. The van der Waals surface area contributed by atoms with Crippen molar-refractivity contribution in [2.24, 2.45) is 16.7 Å². The molecule has 1 fully saturated rings. The minimum atomic E-state index is -0.281. The summed E-state index contributed by atoms with van der Waals surface area (Å²) in [5.41, 5.74) is 1.54. The monoisotopic (exact) mass is 297 g/mol. The maximum atomic E-state index is 10.4. The Kier molecular flexibility index (Phi) is 3.11. The van der Waals surface area contributed by atoms with Crippen LogP contribution in [0.5, 0.6) is 0 Å². The van der Waals surface area contributed by atoms with Crippen LogP contribution in [0.1, 0.15) is 33.3 Å². The number of aromatic nitrogens is 1. The summed E-state index contributed by atoms with van der Waals surface area (Å²) >= 11 is 3.41. The number of nitrogens with zero attached hydrogens (tertiary/aromatic N) is 1. The zero-order valence-electron chi connectivity index (χ0n) is 10.9. The van der Waals surface area contributed by atoms with Gasteiger partial charge in [0, 0.05) is 23.3 Å². The van der Waals surface area contributed by atoms with Gasteiger partial charge in [0.05, 0.1) is 6.10 Å². The summed E-state index contributed by atoms with van der Waals surface area (Å²) < 4.78 is 0.969. The van der Waals surface area contributed by atoms with E-state index in [1.165, 1.54) is 0 Å². The van der Waals surface area contributed by atoms with Crippen LogP contribution in [0.15, 0.2) is 22.9 Å². The molecule has 1 aliphatic carbocycles. The molecule has 1 aromatic rings. The van der Waals surface area contributed by atoms with E-state index in [2.05, 4.69) is 48.6 Å². The van der Waals surface area contributed by atoms with Crippen molar-refractivity contribution in [3.8, 4) is 0 Å². The summed E-state index contributed by atoms with van der Waals surface area (Å²) in [5.74, 6) is 0.369. The summed E-state index contributed by atoms with van der Waals surface area (Å²) in [6.45, 7) is 8.94. The normalized spacial score (nSPS) is 23.4. The zero-order valence-corrected chi connectivity index (χ0v) is 12.5. The van der Waals surface area contributed by atoms with E-state index in [0.717, 1.165) is 10.0 Å². The Hall–Kier alpha value is -0.410. The van der Waals surface area contributed by atoms with Crippen LogP contribution in [0.4, 0.5) is 0 Å². The number of hydrogen-bond donors (Lipinski definition) is 1. The second-order valence-corrected chi connectivity index (χ2v) is 7.12. The lowest BCUT2D eigenvalue weighted by molar-refractivity contribution is 0.129. The van der Waals surface area contributed by atoms with Crippen LogP contribution in [0.25, 0.3) is 0 Å². The molecular formula is C14H20BrNO. The zero-order chi connectivity index (χ0) is 12.8. The number of aliphatic hydroxyl groups excluding tert-OH is 1. The van der Waals surface area contributed by atoms with Crippen molar-refractivity contribution < 1.29 is 5.11 Å². The first-order valence-electron chi connectivity index (χ1n) is 6.04. The maximum absolute atomic E-state index is 10.4. The molecule has 0 amide bonds. The Bertz CT molecular complexity index is 414. The number of halogens is 1. The number of pyridine rings is 1. The van der Waals surface area contributed by atoms with Crippen molar-refractivity contribution in [2.75, 3.05) is 0 Å². The van der Waals surface area contributed by atoms with Gasteiger partial charge in [-0.25, -0.2) is 0 Å². The van der Waals surface area contributed by atoms with Crippen LogP contribution in [0.2, 0.25) is 0 Å². The summed E-state index contributed by atoms with van der Waals surface area (Å²) in [6, 6.07) is 2.03. The van der Waals surface area contributed by atoms with Crippen LogP contribution < -0.4 is 0 Å². The molecule has 2 rings (SSSR count). The molecule has 17 heavy (non-hydrogen) atoms. The Morgan fingerprint density at radius 1 is 1.29 bits per heavy atom. The minimum Gasteiger partial charge on any atom is -0.392 e. The van der Waals surface area contributed by atoms with E-state index in [9.17, 15) is 5.11 Å². The third-order valence-electron chi connectivity index (χ3n) is 4.72. The Balaban J connectivity index is 2.07. The summed E-state index contributed by atoms with van der Waals surface area (Å²) in [6.07, 6.45) is 4.00. The van der Waals surface area contributed by atoms with E-state index in [-0.39, 0.29) is 16.9 Å². The van der Waals surface area contributed by atoms with Gasteiger partial charge in [-0.1, -0.05) is 27.7 Å². The van der Waals surface area contributed by atoms with Crippen LogP contribution >= 0.6 is 15.9 Å². The highest BCUT2D eigenvalue weighted by Crippen LogP contribution is 2.69. The van der Waals surface area contributed by atoms with E-state index >= 15 is 0 Å². The van der Waals surface area contributed by atoms with Gasteiger partial charge >= 0.3 is 0 Å². The van der Waals surface area contributed by atoms with Gasteiger partial charge in [-0.15, -0.1) is 0 Å². The van der Waals surface area contributed by atoms with Gasteiger partial charge in [0.25, 0.3) is 0 Å². The highest BCUT2D eigenvalue weighted by molar-refractivity contribution is 9.10. The molecule has 0 spiro atoms. The van der Waals surface area contributed by atoms with Crippen molar-refractivity contribution in [2.45, 2.75) is 40.2 Å². The van der Waals surface area contributed by atoms with E-state index in [1.807, 2.05) is 12.3 Å². The van der Waals surface area contributed by atoms with Gasteiger partial charge in [-0.3, -0.25) is 4.98 Å². The van der Waals surface area contributed by atoms with E-state index in [4.69, 9.17) is 0 Å². The first-order valence-corrected chi connectivity index (χ1v) is 6.83. The first kappa shape index (κ1) is 13.0. The lowest BCUT2D eigenvalue weighted by Crippen LogP contribution is -2.17. The average molecular weight is 298 g/mol. The molecular weight excluding hydrogens is 278 g/mol. The lowest BCUT2D eigenvalue weighted by atomic mass is 10.0. The quantitative estimate of drug-likeness (QED) is 0.927. The molecule has 0 saturated heterocycles. The molecule has 1 unspecified atom stereocenters. The van der Waals surface area contributed by atoms with Crippen molar-refractivity contribution in [3.63, 3.8) is 0 Å². The van der Waals surface area contributed by atoms with Crippen molar-refractivity contribution in [1.82, 2.24) is 4.98 Å². The molecule has 1 aromatic heterocycles. The fourth-order valence-electron chi connectivity index (χ4n) is 3.14. The van der Waals surface area contributed by atoms with Crippen molar-refractivity contribution in [3.05, 3.63) is 28.5 Å². The van der Waals surface area contributed by atoms with Gasteiger partial charge in [-0.05, 0) is 44.3 Å². The second-order valence-electron chi connectivity index (χ2n) is 6.20. The Labute approximate surface area is 112 Å². The fourth-order valence-corrected chi connectivity index (χ4v) is 3.55. The Morgan fingerprint density at radius 2 is 1.88 bits per heavy atom. The van der Waals surface area contributed by atoms with Gasteiger partial charge in [0.15, 0.2) is 0 Å². The smallest absolute Gasteiger partial charge is 0.0619 e. The molecule has 1 saturated carbocycles. The second kappa shape index (κ2) is 4.06. The SMILES string of the molecule is CC1(C)C(C(O)Cc2cncc(Br)c2)C1(C)C. The number of hydrogen-bond acceptors (Lipinski definition) is 2. The molecule has 94 valence electrons.